The van der Waals surface area contributed by atoms with Crippen molar-refractivity contribution >= 4 is 19.4 Å². The fourth-order valence-electron chi connectivity index (χ4n) is 1.73. The van der Waals surface area contributed by atoms with E-state index in [1.165, 1.54) is 0 Å². The first kappa shape index (κ1) is 15.4. The number of benzene rings is 1. The Kier molecular flexibility index (Phi) is 6.58. The van der Waals surface area contributed by atoms with Crippen LogP contribution in [0.4, 0.5) is 0 Å². The molecule has 1 aromatic carbocycles. The van der Waals surface area contributed by atoms with E-state index in [1.54, 1.807) is 0 Å². The Morgan fingerprint density at radius 3 is 2.50 bits per heavy atom. The molecule has 0 bridgehead atoms. The Hall–Kier alpha value is -0.665. The Balaban J connectivity index is 2.25. The molecule has 1 unspecified atom stereocenters. The average Bonchev–Trinajstić information content (AvgIpc) is 2.32. The van der Waals surface area contributed by atoms with Crippen molar-refractivity contribution in [2.45, 2.75) is 44.5 Å². The van der Waals surface area contributed by atoms with E-state index in [-0.39, 0.29) is 5.54 Å². The molecule has 0 aliphatic rings. The van der Waals surface area contributed by atoms with Gasteiger partial charge in [-0.1, -0.05) is 30.8 Å². The topological polar surface area (TPSA) is 35.2 Å². The van der Waals surface area contributed by atoms with Crippen molar-refractivity contribution in [1.29, 1.82) is 0 Å². The van der Waals surface area contributed by atoms with Crippen LogP contribution < -0.4 is 10.5 Å². The molecule has 0 amide bonds. The zero-order valence-electron chi connectivity index (χ0n) is 11.0. The van der Waals surface area contributed by atoms with Crippen molar-refractivity contribution in [3.63, 3.8) is 0 Å². The minimum Gasteiger partial charge on any atom is -0.494 e. The molecule has 0 aliphatic carbocycles. The number of hydrogen-bond acceptors (Lipinski definition) is 2. The molecule has 0 spiro atoms. The van der Waals surface area contributed by atoms with Gasteiger partial charge < -0.3 is 10.5 Å². The van der Waals surface area contributed by atoms with E-state index in [4.69, 9.17) is 29.9 Å². The van der Waals surface area contributed by atoms with Gasteiger partial charge in [0.05, 0.1) is 14.5 Å². The summed E-state index contributed by atoms with van der Waals surface area (Å²) in [4.78, 5) is 0. The van der Waals surface area contributed by atoms with Crippen LogP contribution in [0.25, 0.3) is 0 Å². The minimum absolute atomic E-state index is 0.179. The first-order chi connectivity index (χ1) is 8.53. The molecule has 4 heteroatoms. The molecule has 0 heterocycles. The van der Waals surface area contributed by atoms with E-state index in [9.17, 15) is 0 Å². The third kappa shape index (κ3) is 6.32. The second-order valence-corrected chi connectivity index (χ2v) is 5.39. The molecular formula is C14H21BClNO. The summed E-state index contributed by atoms with van der Waals surface area (Å²) in [6.45, 7) is 2.69. The second-order valence-electron chi connectivity index (χ2n) is 4.95. The van der Waals surface area contributed by atoms with Gasteiger partial charge in [-0.05, 0) is 44.0 Å². The molecule has 18 heavy (non-hydrogen) atoms. The molecule has 0 aromatic heterocycles. The van der Waals surface area contributed by atoms with Crippen LogP contribution in [-0.2, 0) is 0 Å². The molecule has 98 valence electrons. The maximum Gasteiger partial charge on any atom is 0.119 e. The summed E-state index contributed by atoms with van der Waals surface area (Å²) in [5, 5.41) is 0.716. The summed E-state index contributed by atoms with van der Waals surface area (Å²) in [6.07, 6.45) is 4.65. The van der Waals surface area contributed by atoms with Crippen molar-refractivity contribution in [1.82, 2.24) is 0 Å². The van der Waals surface area contributed by atoms with Crippen molar-refractivity contribution in [2.75, 3.05) is 6.61 Å². The first-order valence-corrected chi connectivity index (χ1v) is 6.79. The largest absolute Gasteiger partial charge is 0.494 e. The van der Waals surface area contributed by atoms with Gasteiger partial charge in [-0.15, -0.1) is 0 Å². The molecular weight excluding hydrogens is 244 g/mol. The maximum absolute atomic E-state index is 6.20. The Morgan fingerprint density at radius 1 is 1.22 bits per heavy atom. The highest BCUT2D eigenvalue weighted by Crippen LogP contribution is 2.19. The molecule has 1 rings (SSSR count). The third-order valence-electron chi connectivity index (χ3n) is 2.96. The highest BCUT2D eigenvalue weighted by atomic mass is 35.5. The lowest BCUT2D eigenvalue weighted by atomic mass is 9.90. The molecule has 0 aliphatic heterocycles. The van der Waals surface area contributed by atoms with Gasteiger partial charge in [-0.25, -0.2) is 0 Å². The van der Waals surface area contributed by atoms with Crippen molar-refractivity contribution in [3.05, 3.63) is 29.3 Å². The van der Waals surface area contributed by atoms with E-state index in [0.717, 1.165) is 37.8 Å². The fraction of sp³-hybridized carbons (Fsp3) is 0.571. The molecule has 2 nitrogen and oxygen atoms in total. The molecule has 0 fully saturated rings. The molecule has 2 N–H and O–H groups in total. The monoisotopic (exact) mass is 265 g/mol. The summed E-state index contributed by atoms with van der Waals surface area (Å²) < 4.78 is 5.64. The molecule has 0 saturated heterocycles. The number of ether oxygens (including phenoxy) is 1. The highest BCUT2D eigenvalue weighted by molar-refractivity contribution is 6.30. The summed E-state index contributed by atoms with van der Waals surface area (Å²) in [7, 11) is 5.47. The van der Waals surface area contributed by atoms with Crippen LogP contribution >= 0.6 is 11.6 Å². The number of nitrogens with two attached hydrogens (primary N) is 1. The fourth-order valence-corrected chi connectivity index (χ4v) is 1.86. The molecule has 2 radical (unpaired) electrons. The number of halogens is 1. The molecule has 1 aromatic rings. The van der Waals surface area contributed by atoms with Crippen LogP contribution in [0.3, 0.4) is 0 Å². The van der Waals surface area contributed by atoms with E-state index in [0.29, 0.717) is 11.6 Å². The number of hydrogen-bond donors (Lipinski definition) is 1. The van der Waals surface area contributed by atoms with Crippen LogP contribution in [0.15, 0.2) is 24.3 Å². The van der Waals surface area contributed by atoms with Gasteiger partial charge in [-0.2, -0.15) is 0 Å². The standard InChI is InChI=1S/C14H21BClNO/c1-14(17,8-2-3-10-15)9-11-18-13-6-4-12(16)5-7-13/h4-7H,2-3,8-11,17H2,1H3. The van der Waals surface area contributed by atoms with Gasteiger partial charge in [0.1, 0.15) is 5.75 Å². The van der Waals surface area contributed by atoms with Crippen molar-refractivity contribution in [3.8, 4) is 5.75 Å². The SMILES string of the molecule is [B]CCCCC(C)(N)CCOc1ccc(Cl)cc1. The van der Waals surface area contributed by atoms with Gasteiger partial charge in [0.2, 0.25) is 0 Å². The highest BCUT2D eigenvalue weighted by Gasteiger charge is 2.17. The summed E-state index contributed by atoms with van der Waals surface area (Å²) >= 11 is 5.80. The van der Waals surface area contributed by atoms with Gasteiger partial charge in [-0.3, -0.25) is 0 Å². The van der Waals surface area contributed by atoms with Crippen molar-refractivity contribution in [2.24, 2.45) is 5.73 Å². The van der Waals surface area contributed by atoms with Crippen LogP contribution in [0.1, 0.15) is 32.6 Å². The zero-order chi connectivity index (χ0) is 13.4. The number of unbranched alkanes of at least 4 members (excludes halogenated alkanes) is 1. The quantitative estimate of drug-likeness (QED) is 0.576. The second kappa shape index (κ2) is 7.70. The summed E-state index contributed by atoms with van der Waals surface area (Å²) in [5.74, 6) is 0.831. The van der Waals surface area contributed by atoms with E-state index >= 15 is 0 Å². The first-order valence-electron chi connectivity index (χ1n) is 6.41. The van der Waals surface area contributed by atoms with E-state index in [2.05, 4.69) is 6.92 Å². The van der Waals surface area contributed by atoms with E-state index in [1.807, 2.05) is 24.3 Å². The predicted octanol–water partition coefficient (Wildman–Crippen LogP) is 3.58. The zero-order valence-corrected chi connectivity index (χ0v) is 11.7. The lowest BCUT2D eigenvalue weighted by Gasteiger charge is -2.24. The molecule has 0 saturated carbocycles. The Bertz CT molecular complexity index is 340. The predicted molar refractivity (Wildman–Crippen MR) is 78.6 cm³/mol. The normalized spacial score (nSPS) is 14.2. The van der Waals surface area contributed by atoms with Gasteiger partial charge >= 0.3 is 0 Å². The average molecular weight is 266 g/mol. The van der Waals surface area contributed by atoms with Gasteiger partial charge in [0.15, 0.2) is 0 Å². The molecule has 1 atom stereocenters. The lowest BCUT2D eigenvalue weighted by molar-refractivity contribution is 0.256. The van der Waals surface area contributed by atoms with Crippen LogP contribution in [0.5, 0.6) is 5.75 Å². The van der Waals surface area contributed by atoms with Gasteiger partial charge in [0, 0.05) is 10.6 Å². The number of rotatable bonds is 8. The maximum atomic E-state index is 6.20. The summed E-state index contributed by atoms with van der Waals surface area (Å²) in [5.41, 5.74) is 6.02. The van der Waals surface area contributed by atoms with Gasteiger partial charge in [0.25, 0.3) is 0 Å². The summed E-state index contributed by atoms with van der Waals surface area (Å²) in [6, 6.07) is 7.37. The third-order valence-corrected chi connectivity index (χ3v) is 3.21. The smallest absolute Gasteiger partial charge is 0.119 e. The van der Waals surface area contributed by atoms with Crippen LogP contribution in [0.2, 0.25) is 11.3 Å². The Morgan fingerprint density at radius 2 is 1.89 bits per heavy atom. The van der Waals surface area contributed by atoms with E-state index < -0.39 is 0 Å². The van der Waals surface area contributed by atoms with Crippen LogP contribution in [-0.4, -0.2) is 20.0 Å². The minimum atomic E-state index is -0.179. The van der Waals surface area contributed by atoms with Crippen LogP contribution in [0, 0.1) is 0 Å². The van der Waals surface area contributed by atoms with Crippen molar-refractivity contribution < 1.29 is 4.74 Å². The Labute approximate surface area is 116 Å². The lowest BCUT2D eigenvalue weighted by Crippen LogP contribution is -2.37.